The largest absolute Gasteiger partial charge is 0.462 e. The number of esters is 1. The van der Waals surface area contributed by atoms with E-state index in [0.717, 1.165) is 96.3 Å². The highest BCUT2D eigenvalue weighted by atomic mass is 16.5. The molecule has 3 N–H and O–H groups in total. The van der Waals surface area contributed by atoms with Crippen molar-refractivity contribution in [3.8, 4) is 0 Å². The molecule has 0 aromatic carbocycles. The lowest BCUT2D eigenvalue weighted by Crippen LogP contribution is -2.46. The lowest BCUT2D eigenvalue weighted by atomic mass is 10.0. The molecule has 0 bridgehead atoms. The standard InChI is InChI=1S/C55H99NO5/c1-4-7-10-13-16-19-22-24-26-27-28-29-31-33-36-39-42-45-48-55(60)61-51(46-43-40-37-34-32-30-25-23-20-17-14-11-8-5-2)49-54(59)56-52(50-57)53(58)47-44-41-38-35-21-18-15-12-9-6-3/h16,19,22,24,26-30,32,51-53,57-58H,4-15,17-18,20-21,23,25,31,33-50H2,1-3H3,(H,56,59)/b19-16+,24-22+,27-26+,29-28+,32-30+. The molecular weight excluding hydrogens is 755 g/mol. The SMILES string of the molecule is CCCCC/C=C/C=C/C=C/C=C/CCCCCCCC(=O)OC(CCCCC/C=C/CCCCCCCCC)CC(=O)NC(CO)C(O)CCCCCCCCCCCC. The highest BCUT2D eigenvalue weighted by molar-refractivity contribution is 5.77. The van der Waals surface area contributed by atoms with Gasteiger partial charge in [0.25, 0.3) is 0 Å². The molecule has 0 aliphatic heterocycles. The number of rotatable bonds is 46. The van der Waals surface area contributed by atoms with Gasteiger partial charge in [-0.25, -0.2) is 0 Å². The van der Waals surface area contributed by atoms with Crippen molar-refractivity contribution in [3.05, 3.63) is 60.8 Å². The van der Waals surface area contributed by atoms with Crippen molar-refractivity contribution >= 4 is 11.9 Å². The molecule has 0 fully saturated rings. The van der Waals surface area contributed by atoms with Crippen LogP contribution in [0.15, 0.2) is 60.8 Å². The van der Waals surface area contributed by atoms with Gasteiger partial charge in [0, 0.05) is 6.42 Å². The van der Waals surface area contributed by atoms with Crippen molar-refractivity contribution in [2.45, 2.75) is 270 Å². The summed E-state index contributed by atoms with van der Waals surface area (Å²) in [6.07, 6.45) is 59.9. The maximum absolute atomic E-state index is 13.2. The van der Waals surface area contributed by atoms with Gasteiger partial charge in [0.15, 0.2) is 0 Å². The lowest BCUT2D eigenvalue weighted by Gasteiger charge is -2.24. The summed E-state index contributed by atoms with van der Waals surface area (Å²) < 4.78 is 5.92. The summed E-state index contributed by atoms with van der Waals surface area (Å²) in [7, 11) is 0. The van der Waals surface area contributed by atoms with Gasteiger partial charge in [-0.1, -0.05) is 223 Å². The number of carbonyl (C=O) groups excluding carboxylic acids is 2. The number of unbranched alkanes of at least 4 members (excludes halogenated alkanes) is 27. The Morgan fingerprint density at radius 3 is 1.36 bits per heavy atom. The van der Waals surface area contributed by atoms with Crippen molar-refractivity contribution in [3.63, 3.8) is 0 Å². The van der Waals surface area contributed by atoms with Crippen LogP contribution in [0.25, 0.3) is 0 Å². The van der Waals surface area contributed by atoms with E-state index in [1.54, 1.807) is 0 Å². The van der Waals surface area contributed by atoms with E-state index in [9.17, 15) is 19.8 Å². The quantitative estimate of drug-likeness (QED) is 0.0245. The molecule has 61 heavy (non-hydrogen) atoms. The summed E-state index contributed by atoms with van der Waals surface area (Å²) in [5.74, 6) is -0.514. The van der Waals surface area contributed by atoms with Crippen LogP contribution in [0.4, 0.5) is 0 Å². The number of aliphatic hydroxyl groups excluding tert-OH is 2. The molecule has 0 saturated carbocycles. The maximum atomic E-state index is 13.2. The van der Waals surface area contributed by atoms with Gasteiger partial charge in [-0.15, -0.1) is 0 Å². The van der Waals surface area contributed by atoms with E-state index in [4.69, 9.17) is 4.74 Å². The number of hydrogen-bond donors (Lipinski definition) is 3. The number of amides is 1. The molecule has 0 radical (unpaired) electrons. The smallest absolute Gasteiger partial charge is 0.306 e. The molecule has 0 rings (SSSR count). The third-order valence-corrected chi connectivity index (χ3v) is 11.7. The van der Waals surface area contributed by atoms with Gasteiger partial charge in [-0.3, -0.25) is 9.59 Å². The fourth-order valence-corrected chi connectivity index (χ4v) is 7.67. The van der Waals surface area contributed by atoms with Crippen LogP contribution in [0, 0.1) is 0 Å². The van der Waals surface area contributed by atoms with Crippen LogP contribution in [0.1, 0.15) is 252 Å². The Morgan fingerprint density at radius 2 is 0.852 bits per heavy atom. The van der Waals surface area contributed by atoms with Gasteiger partial charge < -0.3 is 20.3 Å². The number of aliphatic hydroxyl groups is 2. The van der Waals surface area contributed by atoms with Gasteiger partial charge in [0.2, 0.25) is 5.91 Å². The summed E-state index contributed by atoms with van der Waals surface area (Å²) in [4.78, 5) is 26.1. The average Bonchev–Trinajstić information content (AvgIpc) is 3.25. The highest BCUT2D eigenvalue weighted by Gasteiger charge is 2.24. The molecule has 354 valence electrons. The third kappa shape index (κ3) is 44.0. The number of allylic oxidation sites excluding steroid dienone is 10. The summed E-state index contributed by atoms with van der Waals surface area (Å²) >= 11 is 0. The van der Waals surface area contributed by atoms with Crippen molar-refractivity contribution in [2.75, 3.05) is 6.61 Å². The second kappa shape index (κ2) is 48.6. The van der Waals surface area contributed by atoms with Gasteiger partial charge in [-0.05, 0) is 77.0 Å². The number of hydrogen-bond acceptors (Lipinski definition) is 5. The molecule has 6 heteroatoms. The molecule has 0 spiro atoms. The summed E-state index contributed by atoms with van der Waals surface area (Å²) in [6.45, 7) is 6.42. The summed E-state index contributed by atoms with van der Waals surface area (Å²) in [6, 6.07) is -0.711. The van der Waals surface area contributed by atoms with Crippen molar-refractivity contribution in [2.24, 2.45) is 0 Å². The van der Waals surface area contributed by atoms with Crippen LogP contribution >= 0.6 is 0 Å². The Kier molecular flexibility index (Phi) is 46.6. The van der Waals surface area contributed by atoms with Gasteiger partial charge in [0.1, 0.15) is 6.10 Å². The number of carbonyl (C=O) groups is 2. The molecule has 0 aromatic heterocycles. The Bertz CT molecular complexity index is 1090. The monoisotopic (exact) mass is 854 g/mol. The first-order valence-corrected chi connectivity index (χ1v) is 26.1. The predicted octanol–water partition coefficient (Wildman–Crippen LogP) is 15.6. The Labute approximate surface area is 378 Å². The van der Waals surface area contributed by atoms with E-state index in [1.165, 1.54) is 109 Å². The van der Waals surface area contributed by atoms with Crippen LogP contribution in [0.2, 0.25) is 0 Å². The van der Waals surface area contributed by atoms with Crippen LogP contribution in [0.3, 0.4) is 0 Å². The summed E-state index contributed by atoms with van der Waals surface area (Å²) in [5.41, 5.74) is 0. The van der Waals surface area contributed by atoms with E-state index in [0.29, 0.717) is 19.3 Å². The second-order valence-corrected chi connectivity index (χ2v) is 17.7. The molecule has 0 saturated heterocycles. The molecule has 0 heterocycles. The number of ether oxygens (including phenoxy) is 1. The van der Waals surface area contributed by atoms with E-state index in [2.05, 4.69) is 86.8 Å². The second-order valence-electron chi connectivity index (χ2n) is 17.7. The molecule has 0 aromatic rings. The fraction of sp³-hybridized carbons (Fsp3) is 0.782. The van der Waals surface area contributed by atoms with E-state index >= 15 is 0 Å². The molecule has 6 nitrogen and oxygen atoms in total. The van der Waals surface area contributed by atoms with E-state index in [1.807, 2.05) is 0 Å². The predicted molar refractivity (Wildman–Crippen MR) is 264 cm³/mol. The zero-order valence-corrected chi connectivity index (χ0v) is 40.3. The van der Waals surface area contributed by atoms with E-state index in [-0.39, 0.29) is 24.9 Å². The zero-order chi connectivity index (χ0) is 44.5. The van der Waals surface area contributed by atoms with Crippen LogP contribution in [-0.2, 0) is 14.3 Å². The maximum Gasteiger partial charge on any atom is 0.306 e. The lowest BCUT2D eigenvalue weighted by molar-refractivity contribution is -0.151. The van der Waals surface area contributed by atoms with Crippen LogP contribution in [-0.4, -0.2) is 46.9 Å². The Balaban J connectivity index is 4.64. The Hall–Kier alpha value is -2.44. The zero-order valence-electron chi connectivity index (χ0n) is 40.3. The van der Waals surface area contributed by atoms with Crippen molar-refractivity contribution in [1.82, 2.24) is 5.32 Å². The fourth-order valence-electron chi connectivity index (χ4n) is 7.67. The minimum atomic E-state index is -0.796. The third-order valence-electron chi connectivity index (χ3n) is 11.7. The minimum absolute atomic E-state index is 0.0563. The van der Waals surface area contributed by atoms with Crippen LogP contribution in [0.5, 0.6) is 0 Å². The first kappa shape index (κ1) is 58.6. The average molecular weight is 854 g/mol. The number of nitrogens with one attached hydrogen (secondary N) is 1. The van der Waals surface area contributed by atoms with Gasteiger partial charge in [-0.2, -0.15) is 0 Å². The molecular formula is C55H99NO5. The topological polar surface area (TPSA) is 95.9 Å². The molecule has 0 aliphatic rings. The first-order valence-electron chi connectivity index (χ1n) is 26.1. The van der Waals surface area contributed by atoms with Crippen LogP contribution < -0.4 is 5.32 Å². The first-order chi connectivity index (χ1) is 30.0. The molecule has 1 amide bonds. The normalized spacial score (nSPS) is 13.7. The molecule has 3 unspecified atom stereocenters. The molecule has 0 aliphatic carbocycles. The molecule has 3 atom stereocenters. The Morgan fingerprint density at radius 1 is 0.475 bits per heavy atom. The van der Waals surface area contributed by atoms with Gasteiger partial charge >= 0.3 is 5.97 Å². The summed E-state index contributed by atoms with van der Waals surface area (Å²) in [5, 5.41) is 23.7. The van der Waals surface area contributed by atoms with E-state index < -0.39 is 18.2 Å². The van der Waals surface area contributed by atoms with Crippen molar-refractivity contribution in [1.29, 1.82) is 0 Å². The highest BCUT2D eigenvalue weighted by Crippen LogP contribution is 2.17. The van der Waals surface area contributed by atoms with Gasteiger partial charge in [0.05, 0.1) is 25.2 Å². The minimum Gasteiger partial charge on any atom is -0.462 e. The van der Waals surface area contributed by atoms with Crippen molar-refractivity contribution < 1.29 is 24.5 Å².